The molecule has 0 aliphatic carbocycles. The predicted molar refractivity (Wildman–Crippen MR) is 101 cm³/mol. The summed E-state index contributed by atoms with van der Waals surface area (Å²) in [6.07, 6.45) is 2.35. The van der Waals surface area contributed by atoms with Crippen LogP contribution in [0.3, 0.4) is 0 Å². The van der Waals surface area contributed by atoms with E-state index >= 15 is 0 Å². The van der Waals surface area contributed by atoms with Gasteiger partial charge in [0.15, 0.2) is 5.76 Å². The monoisotopic (exact) mass is 342 g/mol. The van der Waals surface area contributed by atoms with E-state index < -0.39 is 0 Å². The van der Waals surface area contributed by atoms with Crippen LogP contribution in [0.15, 0.2) is 65.1 Å². The first kappa shape index (κ1) is 18.2. The van der Waals surface area contributed by atoms with Gasteiger partial charge in [-0.05, 0) is 13.0 Å². The van der Waals surface area contributed by atoms with Gasteiger partial charge in [0.05, 0.1) is 6.54 Å². The van der Waals surface area contributed by atoms with E-state index in [0.717, 1.165) is 41.4 Å². The van der Waals surface area contributed by atoms with Crippen molar-refractivity contribution in [1.82, 2.24) is 10.3 Å². The van der Waals surface area contributed by atoms with Crippen LogP contribution in [0.25, 0.3) is 22.6 Å². The fraction of sp³-hybridized carbons (Fsp3) is 0.250. The molecule has 1 aromatic heterocycles. The average Bonchev–Trinajstić information content (AvgIpc) is 3.05. The van der Waals surface area contributed by atoms with Crippen molar-refractivity contribution in [2.24, 2.45) is 0 Å². The lowest BCUT2D eigenvalue weighted by atomic mass is 10.1. The van der Waals surface area contributed by atoms with E-state index in [0.29, 0.717) is 6.54 Å². The van der Waals surface area contributed by atoms with Crippen LogP contribution in [0.1, 0.15) is 25.7 Å². The summed E-state index contributed by atoms with van der Waals surface area (Å²) in [6.45, 7) is 3.83. The first-order valence-electron chi connectivity index (χ1n) is 8.19. The zero-order valence-electron chi connectivity index (χ0n) is 13.9. The molecule has 126 valence electrons. The molecule has 0 amide bonds. The second kappa shape index (κ2) is 9.26. The second-order valence-corrected chi connectivity index (χ2v) is 5.55. The largest absolute Gasteiger partial charge is 0.439 e. The molecule has 0 fully saturated rings. The summed E-state index contributed by atoms with van der Waals surface area (Å²) < 4.78 is 6.06. The SMILES string of the molecule is CCCCNCc1nc(-c2ccccc2)c(-c2ccccc2)o1.Cl. The van der Waals surface area contributed by atoms with Gasteiger partial charge in [-0.15, -0.1) is 12.4 Å². The van der Waals surface area contributed by atoms with Crippen LogP contribution >= 0.6 is 12.4 Å². The first-order valence-corrected chi connectivity index (χ1v) is 8.19. The molecule has 0 unspecified atom stereocenters. The van der Waals surface area contributed by atoms with Gasteiger partial charge in [-0.1, -0.05) is 74.0 Å². The Labute approximate surface area is 149 Å². The quantitative estimate of drug-likeness (QED) is 0.590. The molecule has 0 radical (unpaired) electrons. The summed E-state index contributed by atoms with van der Waals surface area (Å²) in [5.41, 5.74) is 3.04. The number of oxazole rings is 1. The van der Waals surface area contributed by atoms with E-state index in [9.17, 15) is 0 Å². The minimum Gasteiger partial charge on any atom is -0.439 e. The molecule has 0 bridgehead atoms. The molecule has 24 heavy (non-hydrogen) atoms. The highest BCUT2D eigenvalue weighted by Gasteiger charge is 2.16. The average molecular weight is 343 g/mol. The Balaban J connectivity index is 0.00000208. The molecular formula is C20H23ClN2O. The zero-order valence-corrected chi connectivity index (χ0v) is 14.7. The van der Waals surface area contributed by atoms with Gasteiger partial charge in [-0.25, -0.2) is 4.98 Å². The molecule has 0 saturated carbocycles. The number of hydrogen-bond donors (Lipinski definition) is 1. The highest BCUT2D eigenvalue weighted by atomic mass is 35.5. The molecule has 2 aromatic carbocycles. The van der Waals surface area contributed by atoms with Crippen molar-refractivity contribution < 1.29 is 4.42 Å². The van der Waals surface area contributed by atoms with Crippen molar-refractivity contribution in [3.8, 4) is 22.6 Å². The Morgan fingerprint density at radius 3 is 2.17 bits per heavy atom. The van der Waals surface area contributed by atoms with Gasteiger partial charge < -0.3 is 9.73 Å². The Morgan fingerprint density at radius 1 is 0.917 bits per heavy atom. The Hall–Kier alpha value is -2.10. The lowest BCUT2D eigenvalue weighted by Crippen LogP contribution is -2.14. The van der Waals surface area contributed by atoms with Crippen LogP contribution in [-0.4, -0.2) is 11.5 Å². The minimum absolute atomic E-state index is 0. The maximum atomic E-state index is 6.06. The van der Waals surface area contributed by atoms with Crippen molar-refractivity contribution in [2.75, 3.05) is 6.54 Å². The van der Waals surface area contributed by atoms with Gasteiger partial charge in [0.2, 0.25) is 5.89 Å². The van der Waals surface area contributed by atoms with Crippen LogP contribution < -0.4 is 5.32 Å². The standard InChI is InChI=1S/C20H22N2O.ClH/c1-2-3-14-21-15-18-22-19(16-10-6-4-7-11-16)20(23-18)17-12-8-5-9-13-17;/h4-13,21H,2-3,14-15H2,1H3;1H. The topological polar surface area (TPSA) is 38.1 Å². The first-order chi connectivity index (χ1) is 11.4. The third kappa shape index (κ3) is 4.47. The number of benzene rings is 2. The minimum atomic E-state index is 0. The van der Waals surface area contributed by atoms with Gasteiger partial charge >= 0.3 is 0 Å². The maximum Gasteiger partial charge on any atom is 0.209 e. The molecular weight excluding hydrogens is 320 g/mol. The highest BCUT2D eigenvalue weighted by Crippen LogP contribution is 2.32. The Bertz CT molecular complexity index is 669. The smallest absolute Gasteiger partial charge is 0.209 e. The van der Waals surface area contributed by atoms with Crippen molar-refractivity contribution in [3.63, 3.8) is 0 Å². The molecule has 0 spiro atoms. The van der Waals surface area contributed by atoms with Crippen LogP contribution in [0, 0.1) is 0 Å². The molecule has 1 N–H and O–H groups in total. The van der Waals surface area contributed by atoms with Crippen LogP contribution in [0.4, 0.5) is 0 Å². The second-order valence-electron chi connectivity index (χ2n) is 5.55. The van der Waals surface area contributed by atoms with Gasteiger partial charge in [0.25, 0.3) is 0 Å². The van der Waals surface area contributed by atoms with E-state index in [-0.39, 0.29) is 12.4 Å². The van der Waals surface area contributed by atoms with Crippen LogP contribution in [0.2, 0.25) is 0 Å². The molecule has 0 saturated heterocycles. The summed E-state index contributed by atoms with van der Waals surface area (Å²) in [7, 11) is 0. The molecule has 0 aliphatic heterocycles. The summed E-state index contributed by atoms with van der Waals surface area (Å²) in [6, 6.07) is 20.4. The highest BCUT2D eigenvalue weighted by molar-refractivity contribution is 5.85. The normalized spacial score (nSPS) is 10.4. The fourth-order valence-corrected chi connectivity index (χ4v) is 2.51. The van der Waals surface area contributed by atoms with E-state index in [1.807, 2.05) is 36.4 Å². The molecule has 0 atom stereocenters. The van der Waals surface area contributed by atoms with E-state index in [2.05, 4.69) is 36.5 Å². The third-order valence-corrected chi connectivity index (χ3v) is 3.74. The molecule has 4 heteroatoms. The molecule has 3 aromatic rings. The molecule has 0 aliphatic rings. The van der Waals surface area contributed by atoms with Gasteiger partial charge in [-0.2, -0.15) is 0 Å². The lowest BCUT2D eigenvalue weighted by Gasteiger charge is -2.01. The van der Waals surface area contributed by atoms with Crippen molar-refractivity contribution >= 4 is 12.4 Å². The molecule has 1 heterocycles. The summed E-state index contributed by atoms with van der Waals surface area (Å²) >= 11 is 0. The summed E-state index contributed by atoms with van der Waals surface area (Å²) in [5.74, 6) is 1.57. The fourth-order valence-electron chi connectivity index (χ4n) is 2.51. The van der Waals surface area contributed by atoms with E-state index in [1.54, 1.807) is 0 Å². The van der Waals surface area contributed by atoms with Crippen LogP contribution in [-0.2, 0) is 6.54 Å². The summed E-state index contributed by atoms with van der Waals surface area (Å²) in [4.78, 5) is 4.73. The number of nitrogens with zero attached hydrogens (tertiary/aromatic N) is 1. The maximum absolute atomic E-state index is 6.06. The molecule has 3 rings (SSSR count). The third-order valence-electron chi connectivity index (χ3n) is 3.74. The predicted octanol–water partition coefficient (Wildman–Crippen LogP) is 5.32. The molecule has 3 nitrogen and oxygen atoms in total. The van der Waals surface area contributed by atoms with Gasteiger partial charge in [-0.3, -0.25) is 0 Å². The lowest BCUT2D eigenvalue weighted by molar-refractivity contribution is 0.475. The summed E-state index contributed by atoms with van der Waals surface area (Å²) in [5, 5.41) is 3.39. The number of halogens is 1. The van der Waals surface area contributed by atoms with Crippen molar-refractivity contribution in [1.29, 1.82) is 0 Å². The Morgan fingerprint density at radius 2 is 1.54 bits per heavy atom. The number of unbranched alkanes of at least 4 members (excludes halogenated alkanes) is 1. The van der Waals surface area contributed by atoms with Crippen molar-refractivity contribution in [3.05, 3.63) is 66.6 Å². The number of rotatable bonds is 7. The van der Waals surface area contributed by atoms with Crippen LogP contribution in [0.5, 0.6) is 0 Å². The zero-order chi connectivity index (χ0) is 15.9. The van der Waals surface area contributed by atoms with Crippen molar-refractivity contribution in [2.45, 2.75) is 26.3 Å². The Kier molecular flexibility index (Phi) is 7.04. The number of nitrogens with one attached hydrogen (secondary N) is 1. The van der Waals surface area contributed by atoms with E-state index in [1.165, 1.54) is 6.42 Å². The number of hydrogen-bond acceptors (Lipinski definition) is 3. The van der Waals surface area contributed by atoms with Gasteiger partial charge in [0.1, 0.15) is 5.69 Å². The number of aromatic nitrogens is 1. The van der Waals surface area contributed by atoms with E-state index in [4.69, 9.17) is 9.40 Å². The van der Waals surface area contributed by atoms with Gasteiger partial charge in [0, 0.05) is 11.1 Å².